The van der Waals surface area contributed by atoms with Gasteiger partial charge >= 0.3 is 0 Å². The van der Waals surface area contributed by atoms with Gasteiger partial charge in [-0.3, -0.25) is 9.89 Å². The predicted octanol–water partition coefficient (Wildman–Crippen LogP) is 1.17. The molecule has 8 nitrogen and oxygen atoms in total. The molecule has 0 radical (unpaired) electrons. The fraction of sp³-hybridized carbons (Fsp3) is 0.300. The van der Waals surface area contributed by atoms with E-state index in [9.17, 15) is 4.79 Å². The maximum Gasteiger partial charge on any atom is 0.248 e. The standard InChI is InChI=1S/C20H21N7O/c21-18(28)12-1-3-13(4-2-12)19-24-17-10-22-7-5-15(17)20(25-19)27-8-6-16-14(11-27)9-23-26-16/h1-4,9,22H,5-8,10-11H2,(H2,21,28)(H,23,26). The Labute approximate surface area is 162 Å². The van der Waals surface area contributed by atoms with Gasteiger partial charge in [0.25, 0.3) is 0 Å². The zero-order chi connectivity index (χ0) is 19.1. The third-order valence-electron chi connectivity index (χ3n) is 5.44. The van der Waals surface area contributed by atoms with Crippen LogP contribution in [0.3, 0.4) is 0 Å². The fourth-order valence-corrected chi connectivity index (χ4v) is 3.92. The summed E-state index contributed by atoms with van der Waals surface area (Å²) in [5, 5.41) is 10.7. The summed E-state index contributed by atoms with van der Waals surface area (Å²) in [4.78, 5) is 23.4. The largest absolute Gasteiger partial charge is 0.366 e. The number of aromatic amines is 1. The van der Waals surface area contributed by atoms with Crippen LogP contribution in [0.25, 0.3) is 11.4 Å². The molecule has 28 heavy (non-hydrogen) atoms. The molecule has 0 unspecified atom stereocenters. The number of fused-ring (bicyclic) bond motifs is 2. The highest BCUT2D eigenvalue weighted by Gasteiger charge is 2.25. The molecular weight excluding hydrogens is 354 g/mol. The van der Waals surface area contributed by atoms with Crippen LogP contribution in [0.15, 0.2) is 30.5 Å². The second-order valence-electron chi connectivity index (χ2n) is 7.21. The first-order valence-corrected chi connectivity index (χ1v) is 9.46. The van der Waals surface area contributed by atoms with Gasteiger partial charge in [-0.2, -0.15) is 5.10 Å². The highest BCUT2D eigenvalue weighted by Crippen LogP contribution is 2.30. The van der Waals surface area contributed by atoms with Gasteiger partial charge < -0.3 is 16.0 Å². The van der Waals surface area contributed by atoms with Gasteiger partial charge in [0, 0.05) is 54.0 Å². The van der Waals surface area contributed by atoms with Crippen LogP contribution in [0.2, 0.25) is 0 Å². The number of hydrogen-bond acceptors (Lipinski definition) is 6. The Bertz CT molecular complexity index is 1040. The number of rotatable bonds is 3. The van der Waals surface area contributed by atoms with Gasteiger partial charge in [-0.25, -0.2) is 9.97 Å². The summed E-state index contributed by atoms with van der Waals surface area (Å²) in [6.07, 6.45) is 3.75. The molecule has 0 aliphatic carbocycles. The number of carbonyl (C=O) groups excluding carboxylic acids is 1. The summed E-state index contributed by atoms with van der Waals surface area (Å²) in [6.45, 7) is 3.36. The van der Waals surface area contributed by atoms with Gasteiger partial charge in [-0.15, -0.1) is 0 Å². The molecule has 4 heterocycles. The first kappa shape index (κ1) is 16.9. The Balaban J connectivity index is 1.56. The van der Waals surface area contributed by atoms with Crippen LogP contribution in [0.4, 0.5) is 5.82 Å². The zero-order valence-corrected chi connectivity index (χ0v) is 15.4. The van der Waals surface area contributed by atoms with Crippen molar-refractivity contribution in [3.05, 3.63) is 58.5 Å². The van der Waals surface area contributed by atoms with Crippen molar-refractivity contribution in [3.63, 3.8) is 0 Å². The summed E-state index contributed by atoms with van der Waals surface area (Å²) >= 11 is 0. The minimum Gasteiger partial charge on any atom is -0.366 e. The summed E-state index contributed by atoms with van der Waals surface area (Å²) in [6, 6.07) is 7.15. The average molecular weight is 375 g/mol. The van der Waals surface area contributed by atoms with E-state index in [1.54, 1.807) is 12.1 Å². The minimum absolute atomic E-state index is 0.438. The lowest BCUT2D eigenvalue weighted by Crippen LogP contribution is -2.34. The summed E-state index contributed by atoms with van der Waals surface area (Å²) in [5.41, 5.74) is 11.4. The second-order valence-corrected chi connectivity index (χ2v) is 7.21. The van der Waals surface area contributed by atoms with Crippen LogP contribution < -0.4 is 16.0 Å². The van der Waals surface area contributed by atoms with Crippen molar-refractivity contribution in [2.45, 2.75) is 25.9 Å². The van der Waals surface area contributed by atoms with E-state index in [4.69, 9.17) is 15.7 Å². The number of carbonyl (C=O) groups is 1. The molecule has 0 fully saturated rings. The molecule has 2 aliphatic heterocycles. The van der Waals surface area contributed by atoms with Crippen molar-refractivity contribution in [2.24, 2.45) is 5.73 Å². The molecule has 0 bridgehead atoms. The quantitative estimate of drug-likeness (QED) is 0.633. The van der Waals surface area contributed by atoms with Crippen molar-refractivity contribution in [3.8, 4) is 11.4 Å². The zero-order valence-electron chi connectivity index (χ0n) is 15.4. The maximum absolute atomic E-state index is 11.3. The second kappa shape index (κ2) is 6.72. The molecule has 2 aromatic heterocycles. The lowest BCUT2D eigenvalue weighted by atomic mass is 10.0. The highest BCUT2D eigenvalue weighted by molar-refractivity contribution is 5.93. The minimum atomic E-state index is -0.438. The number of H-pyrrole nitrogens is 1. The molecule has 4 N–H and O–H groups in total. The number of nitrogens with two attached hydrogens (primary N) is 1. The SMILES string of the molecule is NC(=O)c1ccc(-c2nc3c(c(N4CCc5[nH]ncc5C4)n2)CCNC3)cc1. The van der Waals surface area contributed by atoms with E-state index in [-0.39, 0.29) is 0 Å². The molecule has 2 aliphatic rings. The van der Waals surface area contributed by atoms with Crippen LogP contribution in [-0.2, 0) is 25.9 Å². The van der Waals surface area contributed by atoms with Gasteiger partial charge in [0.2, 0.25) is 5.91 Å². The number of amides is 1. The van der Waals surface area contributed by atoms with Crippen LogP contribution in [0.5, 0.6) is 0 Å². The number of nitrogens with one attached hydrogen (secondary N) is 2. The van der Waals surface area contributed by atoms with E-state index in [2.05, 4.69) is 20.4 Å². The number of anilines is 1. The lowest BCUT2D eigenvalue weighted by molar-refractivity contribution is 0.100. The number of primary amides is 1. The van der Waals surface area contributed by atoms with Crippen molar-refractivity contribution in [2.75, 3.05) is 18.0 Å². The Morgan fingerprint density at radius 2 is 2.00 bits per heavy atom. The van der Waals surface area contributed by atoms with Crippen LogP contribution in [0.1, 0.15) is 32.9 Å². The maximum atomic E-state index is 11.3. The molecule has 142 valence electrons. The molecule has 0 atom stereocenters. The normalized spacial score (nSPS) is 15.8. The third kappa shape index (κ3) is 2.91. The van der Waals surface area contributed by atoms with Gasteiger partial charge in [-0.05, 0) is 25.1 Å². The predicted molar refractivity (Wildman–Crippen MR) is 105 cm³/mol. The molecule has 0 saturated heterocycles. The first-order valence-electron chi connectivity index (χ1n) is 9.46. The van der Waals surface area contributed by atoms with Crippen molar-refractivity contribution >= 4 is 11.7 Å². The number of aromatic nitrogens is 4. The number of hydrogen-bond donors (Lipinski definition) is 3. The van der Waals surface area contributed by atoms with Crippen LogP contribution in [0, 0.1) is 0 Å². The third-order valence-corrected chi connectivity index (χ3v) is 5.44. The number of nitrogens with zero attached hydrogens (tertiary/aromatic N) is 4. The van der Waals surface area contributed by atoms with E-state index >= 15 is 0 Å². The topological polar surface area (TPSA) is 113 Å². The van der Waals surface area contributed by atoms with E-state index in [0.717, 1.165) is 56.1 Å². The lowest BCUT2D eigenvalue weighted by Gasteiger charge is -2.31. The van der Waals surface area contributed by atoms with E-state index in [0.29, 0.717) is 11.4 Å². The monoisotopic (exact) mass is 375 g/mol. The summed E-state index contributed by atoms with van der Waals surface area (Å²) in [7, 11) is 0. The van der Waals surface area contributed by atoms with Gasteiger partial charge in [-0.1, -0.05) is 12.1 Å². The summed E-state index contributed by atoms with van der Waals surface area (Å²) in [5.74, 6) is 1.24. The molecule has 3 aromatic rings. The molecule has 1 aromatic carbocycles. The smallest absolute Gasteiger partial charge is 0.248 e. The van der Waals surface area contributed by atoms with E-state index in [1.165, 1.54) is 16.8 Å². The molecule has 0 saturated carbocycles. The fourth-order valence-electron chi connectivity index (χ4n) is 3.92. The molecule has 1 amide bonds. The van der Waals surface area contributed by atoms with Crippen LogP contribution >= 0.6 is 0 Å². The highest BCUT2D eigenvalue weighted by atomic mass is 16.1. The van der Waals surface area contributed by atoms with Crippen molar-refractivity contribution in [1.82, 2.24) is 25.5 Å². The van der Waals surface area contributed by atoms with Gasteiger partial charge in [0.1, 0.15) is 5.82 Å². The van der Waals surface area contributed by atoms with E-state index < -0.39 is 5.91 Å². The first-order chi connectivity index (χ1) is 13.7. The average Bonchev–Trinajstić information content (AvgIpc) is 3.21. The van der Waals surface area contributed by atoms with Crippen molar-refractivity contribution in [1.29, 1.82) is 0 Å². The van der Waals surface area contributed by atoms with E-state index in [1.807, 2.05) is 18.3 Å². The Hall–Kier alpha value is -3.26. The molecule has 8 heteroatoms. The Morgan fingerprint density at radius 1 is 1.14 bits per heavy atom. The summed E-state index contributed by atoms with van der Waals surface area (Å²) < 4.78 is 0. The van der Waals surface area contributed by atoms with Crippen LogP contribution in [-0.4, -0.2) is 39.2 Å². The molecule has 0 spiro atoms. The number of benzene rings is 1. The molecular formula is C20H21N7O. The Morgan fingerprint density at radius 3 is 2.82 bits per heavy atom. The van der Waals surface area contributed by atoms with Crippen molar-refractivity contribution < 1.29 is 4.79 Å². The Kier molecular flexibility index (Phi) is 4.05. The van der Waals surface area contributed by atoms with Gasteiger partial charge in [0.05, 0.1) is 11.9 Å². The molecule has 5 rings (SSSR count). The van der Waals surface area contributed by atoms with Gasteiger partial charge in [0.15, 0.2) is 5.82 Å².